The van der Waals surface area contributed by atoms with Crippen molar-refractivity contribution >= 4 is 22.1 Å². The Hall–Kier alpha value is -3.51. The van der Waals surface area contributed by atoms with Crippen molar-refractivity contribution in [2.45, 2.75) is 17.7 Å². The Bertz CT molecular complexity index is 1500. The number of halogens is 4. The van der Waals surface area contributed by atoms with Gasteiger partial charge in [-0.15, -0.1) is 0 Å². The van der Waals surface area contributed by atoms with Crippen molar-refractivity contribution in [3.05, 3.63) is 82.7 Å². The first kappa shape index (κ1) is 24.2. The summed E-state index contributed by atoms with van der Waals surface area (Å²) >= 11 is 0. The zero-order chi connectivity index (χ0) is 25.8. The van der Waals surface area contributed by atoms with Crippen molar-refractivity contribution in [3.8, 4) is 5.69 Å². The van der Waals surface area contributed by atoms with Gasteiger partial charge in [0.25, 0.3) is 0 Å². The molecule has 3 aromatic rings. The Balaban J connectivity index is 1.55. The second-order valence-corrected chi connectivity index (χ2v) is 10.6. The molecule has 7 nitrogen and oxygen atoms in total. The van der Waals surface area contributed by atoms with Gasteiger partial charge in [-0.1, -0.05) is 0 Å². The Morgan fingerprint density at radius 3 is 2.39 bits per heavy atom. The lowest BCUT2D eigenvalue weighted by atomic mass is 9.69. The number of esters is 1. The molecule has 0 bridgehead atoms. The van der Waals surface area contributed by atoms with Crippen molar-refractivity contribution in [1.82, 2.24) is 14.1 Å². The quantitative estimate of drug-likeness (QED) is 0.298. The molecule has 1 fully saturated rings. The van der Waals surface area contributed by atoms with Crippen LogP contribution in [0.1, 0.15) is 17.7 Å². The van der Waals surface area contributed by atoms with E-state index in [2.05, 4.69) is 5.10 Å². The number of methoxy groups -OCH3 is 1. The number of carbonyl (C=O) groups excluding carboxylic acids is 1. The van der Waals surface area contributed by atoms with Crippen LogP contribution in [0.15, 0.2) is 53.1 Å². The van der Waals surface area contributed by atoms with Gasteiger partial charge < -0.3 is 4.74 Å². The van der Waals surface area contributed by atoms with E-state index in [1.807, 2.05) is 0 Å². The third kappa shape index (κ3) is 3.71. The summed E-state index contributed by atoms with van der Waals surface area (Å²) in [6.07, 6.45) is 3.46. The van der Waals surface area contributed by atoms with Gasteiger partial charge in [-0.2, -0.15) is 9.40 Å². The number of aromatic nitrogens is 2. The highest BCUT2D eigenvalue weighted by molar-refractivity contribution is 7.89. The fourth-order valence-electron chi connectivity index (χ4n) is 4.80. The summed E-state index contributed by atoms with van der Waals surface area (Å²) in [6.45, 7) is -0.441. The molecule has 0 N–H and O–H groups in total. The molecule has 1 atom stereocenters. The minimum Gasteiger partial charge on any atom is -0.468 e. The van der Waals surface area contributed by atoms with E-state index < -0.39 is 49.6 Å². The van der Waals surface area contributed by atoms with Crippen LogP contribution in [-0.2, 0) is 26.0 Å². The molecule has 1 aromatic heterocycles. The van der Waals surface area contributed by atoms with Crippen LogP contribution in [0.2, 0.25) is 0 Å². The summed E-state index contributed by atoms with van der Waals surface area (Å²) in [6, 6.07) is 6.52. The average molecular weight is 521 g/mol. The normalized spacial score (nSPS) is 19.9. The standard InChI is InChI=1S/C24H19F4N3O4S/c1-35-23(32)24-11-14-12-29-31(17-4-2-16(25)3-5-17)21(14)8-15(24)6-7-30(13-24)36(33,34)18-9-19(26)22(28)20(27)10-18/h2-5,8-10,12H,6-7,11,13H2,1H3. The van der Waals surface area contributed by atoms with Crippen molar-refractivity contribution in [2.24, 2.45) is 5.41 Å². The zero-order valence-corrected chi connectivity index (χ0v) is 19.7. The molecule has 12 heteroatoms. The molecule has 0 saturated carbocycles. The van der Waals surface area contributed by atoms with Crippen LogP contribution >= 0.6 is 0 Å². The summed E-state index contributed by atoms with van der Waals surface area (Å²) in [4.78, 5) is 12.3. The minimum absolute atomic E-state index is 0.0557. The molecule has 1 unspecified atom stereocenters. The maximum absolute atomic E-state index is 13.8. The topological polar surface area (TPSA) is 81.5 Å². The van der Waals surface area contributed by atoms with Gasteiger partial charge in [0.2, 0.25) is 10.0 Å². The molecule has 188 valence electrons. The van der Waals surface area contributed by atoms with Crippen LogP contribution in [0.25, 0.3) is 11.8 Å². The highest BCUT2D eigenvalue weighted by Crippen LogP contribution is 2.46. The second kappa shape index (κ2) is 8.56. The van der Waals surface area contributed by atoms with Gasteiger partial charge in [0.05, 0.1) is 29.6 Å². The lowest BCUT2D eigenvalue weighted by Crippen LogP contribution is -2.53. The maximum atomic E-state index is 13.8. The number of fused-ring (bicyclic) bond motifs is 2. The van der Waals surface area contributed by atoms with E-state index in [1.165, 1.54) is 25.4 Å². The molecular formula is C24H19F4N3O4S. The highest BCUT2D eigenvalue weighted by Gasteiger charge is 2.52. The monoisotopic (exact) mass is 521 g/mol. The van der Waals surface area contributed by atoms with Crippen molar-refractivity contribution < 1.29 is 35.5 Å². The Morgan fingerprint density at radius 1 is 1.08 bits per heavy atom. The molecule has 5 rings (SSSR count). The molecular weight excluding hydrogens is 502 g/mol. The molecule has 2 aromatic carbocycles. The SMILES string of the molecule is COC(=O)C12Cc3cnn(-c4ccc(F)cc4)c3C=C1CCN(S(=O)(=O)c1cc(F)c(F)c(F)c1)C2. The smallest absolute Gasteiger partial charge is 0.317 e. The van der Waals surface area contributed by atoms with E-state index in [0.717, 1.165) is 4.31 Å². The Labute approximate surface area is 203 Å². The van der Waals surface area contributed by atoms with Crippen LogP contribution in [-0.4, -0.2) is 48.7 Å². The number of benzene rings is 2. The molecule has 0 spiro atoms. The second-order valence-electron chi connectivity index (χ2n) is 8.65. The summed E-state index contributed by atoms with van der Waals surface area (Å²) in [7, 11) is -3.29. The lowest BCUT2D eigenvalue weighted by molar-refractivity contribution is -0.151. The number of hydrogen-bond donors (Lipinski definition) is 0. The minimum atomic E-state index is -4.48. The fraction of sp³-hybridized carbons (Fsp3) is 0.250. The van der Waals surface area contributed by atoms with Gasteiger partial charge in [-0.25, -0.2) is 30.7 Å². The fourth-order valence-corrected chi connectivity index (χ4v) is 6.33. The number of piperidine rings is 1. The van der Waals surface area contributed by atoms with E-state index >= 15 is 0 Å². The predicted molar refractivity (Wildman–Crippen MR) is 119 cm³/mol. The lowest BCUT2D eigenvalue weighted by Gasteiger charge is -2.43. The molecule has 1 saturated heterocycles. The van der Waals surface area contributed by atoms with Crippen LogP contribution in [0, 0.1) is 28.7 Å². The van der Waals surface area contributed by atoms with E-state index in [1.54, 1.807) is 22.9 Å². The van der Waals surface area contributed by atoms with E-state index in [0.29, 0.717) is 34.7 Å². The van der Waals surface area contributed by atoms with Gasteiger partial charge in [-0.05, 0) is 66.5 Å². The molecule has 2 aliphatic rings. The van der Waals surface area contributed by atoms with Gasteiger partial charge in [0, 0.05) is 13.1 Å². The first-order valence-electron chi connectivity index (χ1n) is 10.8. The van der Waals surface area contributed by atoms with Crippen molar-refractivity contribution in [2.75, 3.05) is 20.2 Å². The van der Waals surface area contributed by atoms with Crippen LogP contribution in [0.3, 0.4) is 0 Å². The first-order valence-corrected chi connectivity index (χ1v) is 12.3. The summed E-state index contributed by atoms with van der Waals surface area (Å²) in [5.41, 5.74) is 1.09. The van der Waals surface area contributed by atoms with E-state index in [-0.39, 0.29) is 25.9 Å². The van der Waals surface area contributed by atoms with E-state index in [4.69, 9.17) is 4.74 Å². The molecule has 0 amide bonds. The Morgan fingerprint density at radius 2 is 1.75 bits per heavy atom. The predicted octanol–water partition coefficient (Wildman–Crippen LogP) is 3.62. The number of hydrogen-bond acceptors (Lipinski definition) is 5. The van der Waals surface area contributed by atoms with Crippen LogP contribution in [0.4, 0.5) is 17.6 Å². The number of carbonyl (C=O) groups is 1. The van der Waals surface area contributed by atoms with Gasteiger partial charge in [0.15, 0.2) is 17.5 Å². The first-order chi connectivity index (χ1) is 17.1. The average Bonchev–Trinajstić information content (AvgIpc) is 3.27. The summed E-state index contributed by atoms with van der Waals surface area (Å²) in [5, 5.41) is 4.36. The van der Waals surface area contributed by atoms with Crippen molar-refractivity contribution in [1.29, 1.82) is 0 Å². The Kier molecular flexibility index (Phi) is 5.75. The molecule has 1 aliphatic heterocycles. The number of nitrogens with zero attached hydrogens (tertiary/aromatic N) is 3. The number of ether oxygens (including phenoxy) is 1. The van der Waals surface area contributed by atoms with Crippen LogP contribution in [0.5, 0.6) is 0 Å². The maximum Gasteiger partial charge on any atom is 0.317 e. The molecule has 1 aliphatic carbocycles. The van der Waals surface area contributed by atoms with E-state index in [9.17, 15) is 30.8 Å². The number of rotatable bonds is 4. The van der Waals surface area contributed by atoms with Gasteiger partial charge >= 0.3 is 5.97 Å². The summed E-state index contributed by atoms with van der Waals surface area (Å²) < 4.78 is 88.4. The third-order valence-corrected chi connectivity index (χ3v) is 8.45. The molecule has 36 heavy (non-hydrogen) atoms. The number of sulfonamides is 1. The summed E-state index contributed by atoms with van der Waals surface area (Å²) in [5.74, 6) is -6.13. The molecule has 0 radical (unpaired) electrons. The van der Waals surface area contributed by atoms with Crippen molar-refractivity contribution in [3.63, 3.8) is 0 Å². The van der Waals surface area contributed by atoms with Crippen LogP contribution < -0.4 is 0 Å². The highest BCUT2D eigenvalue weighted by atomic mass is 32.2. The zero-order valence-electron chi connectivity index (χ0n) is 18.8. The molecule has 2 heterocycles. The van der Waals surface area contributed by atoms with Gasteiger partial charge in [-0.3, -0.25) is 4.79 Å². The third-order valence-electron chi connectivity index (χ3n) is 6.62. The van der Waals surface area contributed by atoms with Gasteiger partial charge in [0.1, 0.15) is 11.2 Å². The largest absolute Gasteiger partial charge is 0.468 e.